The van der Waals surface area contributed by atoms with Gasteiger partial charge in [0, 0.05) is 5.69 Å². The zero-order valence-corrected chi connectivity index (χ0v) is 11.5. The van der Waals surface area contributed by atoms with Gasteiger partial charge in [-0.3, -0.25) is 0 Å². The number of aryl methyl sites for hydroxylation is 1. The number of nitrogens with one attached hydrogen (secondary N) is 1. The topological polar surface area (TPSA) is 25.2 Å². The van der Waals surface area contributed by atoms with E-state index in [1.165, 1.54) is 11.1 Å². The summed E-state index contributed by atoms with van der Waals surface area (Å²) in [5.74, 6) is 1.90. The number of furan rings is 1. The smallest absolute Gasteiger partial charge is 0.123 e. The highest BCUT2D eigenvalue weighted by atomic mass is 16.3. The Morgan fingerprint density at radius 2 is 1.50 bits per heavy atom. The molecule has 100 valence electrons. The van der Waals surface area contributed by atoms with Crippen LogP contribution in [0.4, 0.5) is 5.69 Å². The number of hydrogen-bond acceptors (Lipinski definition) is 2. The molecule has 0 aliphatic carbocycles. The van der Waals surface area contributed by atoms with Crippen molar-refractivity contribution in [2.75, 3.05) is 5.32 Å². The molecule has 3 rings (SSSR count). The third kappa shape index (κ3) is 2.91. The van der Waals surface area contributed by atoms with Crippen molar-refractivity contribution in [3.8, 4) is 11.1 Å². The van der Waals surface area contributed by atoms with E-state index in [9.17, 15) is 0 Å². The summed E-state index contributed by atoms with van der Waals surface area (Å²) in [6.45, 7) is 2.66. The first-order chi connectivity index (χ1) is 9.81. The van der Waals surface area contributed by atoms with Crippen LogP contribution in [-0.2, 0) is 6.54 Å². The molecule has 1 N–H and O–H groups in total. The highest BCUT2D eigenvalue weighted by molar-refractivity contribution is 5.65. The molecule has 0 aliphatic rings. The summed E-state index contributed by atoms with van der Waals surface area (Å²) >= 11 is 0. The van der Waals surface area contributed by atoms with Crippen LogP contribution in [0.1, 0.15) is 11.5 Å². The fraction of sp³-hybridized carbons (Fsp3) is 0.111. The molecule has 0 unspecified atom stereocenters. The van der Waals surface area contributed by atoms with E-state index >= 15 is 0 Å². The zero-order valence-electron chi connectivity index (χ0n) is 11.5. The van der Waals surface area contributed by atoms with E-state index in [1.807, 2.05) is 25.1 Å². The Balaban J connectivity index is 1.67. The molecule has 2 heteroatoms. The van der Waals surface area contributed by atoms with E-state index in [2.05, 4.69) is 53.8 Å². The Hall–Kier alpha value is -2.48. The van der Waals surface area contributed by atoms with Crippen LogP contribution >= 0.6 is 0 Å². The Labute approximate surface area is 119 Å². The number of anilines is 1. The molecule has 0 atom stereocenters. The lowest BCUT2D eigenvalue weighted by Gasteiger charge is -2.06. The molecular formula is C18H17NO. The largest absolute Gasteiger partial charge is 0.465 e. The first kappa shape index (κ1) is 12.5. The number of hydrogen-bond donors (Lipinski definition) is 1. The van der Waals surface area contributed by atoms with Crippen molar-refractivity contribution in [2.45, 2.75) is 13.5 Å². The van der Waals surface area contributed by atoms with Gasteiger partial charge in [0.1, 0.15) is 11.5 Å². The lowest BCUT2D eigenvalue weighted by atomic mass is 10.1. The van der Waals surface area contributed by atoms with Crippen molar-refractivity contribution >= 4 is 5.69 Å². The van der Waals surface area contributed by atoms with Gasteiger partial charge in [0.25, 0.3) is 0 Å². The molecular weight excluding hydrogens is 246 g/mol. The maximum atomic E-state index is 5.54. The lowest BCUT2D eigenvalue weighted by molar-refractivity contribution is 0.490. The number of benzene rings is 2. The fourth-order valence-electron chi connectivity index (χ4n) is 2.18. The monoisotopic (exact) mass is 263 g/mol. The Kier molecular flexibility index (Phi) is 3.55. The minimum Gasteiger partial charge on any atom is -0.465 e. The van der Waals surface area contributed by atoms with Gasteiger partial charge in [0.15, 0.2) is 0 Å². The standard InChI is InChI=1S/C18H17NO/c1-14-7-12-18(20-14)13-19-17-10-8-16(9-11-17)15-5-3-2-4-6-15/h2-12,19H,13H2,1H3. The zero-order chi connectivity index (χ0) is 13.8. The van der Waals surface area contributed by atoms with E-state index in [4.69, 9.17) is 4.42 Å². The average molecular weight is 263 g/mol. The van der Waals surface area contributed by atoms with Gasteiger partial charge in [-0.25, -0.2) is 0 Å². The van der Waals surface area contributed by atoms with Gasteiger partial charge in [-0.2, -0.15) is 0 Å². The SMILES string of the molecule is Cc1ccc(CNc2ccc(-c3ccccc3)cc2)o1. The molecule has 0 saturated carbocycles. The molecule has 0 bridgehead atoms. The van der Waals surface area contributed by atoms with Crippen molar-refractivity contribution in [1.29, 1.82) is 0 Å². The van der Waals surface area contributed by atoms with Gasteiger partial charge < -0.3 is 9.73 Å². The third-order valence-corrected chi connectivity index (χ3v) is 3.25. The molecule has 20 heavy (non-hydrogen) atoms. The minimum absolute atomic E-state index is 0.707. The molecule has 0 spiro atoms. The summed E-state index contributed by atoms with van der Waals surface area (Å²) < 4.78 is 5.54. The van der Waals surface area contributed by atoms with Crippen molar-refractivity contribution in [2.24, 2.45) is 0 Å². The maximum Gasteiger partial charge on any atom is 0.123 e. The fourth-order valence-corrected chi connectivity index (χ4v) is 2.18. The highest BCUT2D eigenvalue weighted by Gasteiger charge is 2.00. The van der Waals surface area contributed by atoms with Crippen molar-refractivity contribution in [3.63, 3.8) is 0 Å². The van der Waals surface area contributed by atoms with Crippen LogP contribution in [0.5, 0.6) is 0 Å². The van der Waals surface area contributed by atoms with Crippen molar-refractivity contribution < 1.29 is 4.42 Å². The summed E-state index contributed by atoms with van der Waals surface area (Å²) in [6, 6.07) is 22.8. The molecule has 0 aliphatic heterocycles. The van der Waals surface area contributed by atoms with Crippen LogP contribution in [0.2, 0.25) is 0 Å². The molecule has 0 fully saturated rings. The number of rotatable bonds is 4. The summed E-state index contributed by atoms with van der Waals surface area (Å²) in [6.07, 6.45) is 0. The summed E-state index contributed by atoms with van der Waals surface area (Å²) in [4.78, 5) is 0. The van der Waals surface area contributed by atoms with Crippen LogP contribution < -0.4 is 5.32 Å². The predicted octanol–water partition coefficient (Wildman–Crippen LogP) is 4.87. The summed E-state index contributed by atoms with van der Waals surface area (Å²) in [5, 5.41) is 3.36. The first-order valence-corrected chi connectivity index (χ1v) is 6.76. The van der Waals surface area contributed by atoms with Crippen LogP contribution in [0.25, 0.3) is 11.1 Å². The van der Waals surface area contributed by atoms with Crippen LogP contribution in [0, 0.1) is 6.92 Å². The Morgan fingerprint density at radius 1 is 0.800 bits per heavy atom. The van der Waals surface area contributed by atoms with Crippen LogP contribution in [0.15, 0.2) is 71.1 Å². The van der Waals surface area contributed by atoms with Gasteiger partial charge in [-0.1, -0.05) is 42.5 Å². The predicted molar refractivity (Wildman–Crippen MR) is 82.6 cm³/mol. The second-order valence-electron chi connectivity index (χ2n) is 4.81. The molecule has 1 heterocycles. The minimum atomic E-state index is 0.707. The summed E-state index contributed by atoms with van der Waals surface area (Å²) in [5.41, 5.74) is 3.56. The van der Waals surface area contributed by atoms with E-state index < -0.39 is 0 Å². The molecule has 3 aromatic rings. The third-order valence-electron chi connectivity index (χ3n) is 3.25. The second-order valence-corrected chi connectivity index (χ2v) is 4.81. The normalized spacial score (nSPS) is 10.4. The van der Waals surface area contributed by atoms with Gasteiger partial charge in [0.2, 0.25) is 0 Å². The molecule has 2 aromatic carbocycles. The van der Waals surface area contributed by atoms with E-state index in [1.54, 1.807) is 0 Å². The van der Waals surface area contributed by atoms with Gasteiger partial charge in [-0.05, 0) is 42.3 Å². The average Bonchev–Trinajstić information content (AvgIpc) is 2.92. The molecule has 0 radical (unpaired) electrons. The Bertz CT molecular complexity index is 668. The molecule has 2 nitrogen and oxygen atoms in total. The van der Waals surface area contributed by atoms with E-state index in [0.29, 0.717) is 6.54 Å². The maximum absolute atomic E-state index is 5.54. The second kappa shape index (κ2) is 5.66. The van der Waals surface area contributed by atoms with Crippen molar-refractivity contribution in [1.82, 2.24) is 0 Å². The lowest BCUT2D eigenvalue weighted by Crippen LogP contribution is -1.97. The molecule has 1 aromatic heterocycles. The Morgan fingerprint density at radius 3 is 2.15 bits per heavy atom. The quantitative estimate of drug-likeness (QED) is 0.726. The first-order valence-electron chi connectivity index (χ1n) is 6.76. The van der Waals surface area contributed by atoms with Gasteiger partial charge >= 0.3 is 0 Å². The molecule has 0 saturated heterocycles. The van der Waals surface area contributed by atoms with Crippen molar-refractivity contribution in [3.05, 3.63) is 78.3 Å². The highest BCUT2D eigenvalue weighted by Crippen LogP contribution is 2.21. The van der Waals surface area contributed by atoms with Crippen LogP contribution in [0.3, 0.4) is 0 Å². The van der Waals surface area contributed by atoms with E-state index in [0.717, 1.165) is 17.2 Å². The molecule has 0 amide bonds. The van der Waals surface area contributed by atoms with E-state index in [-0.39, 0.29) is 0 Å². The van der Waals surface area contributed by atoms with Gasteiger partial charge in [-0.15, -0.1) is 0 Å². The van der Waals surface area contributed by atoms with Gasteiger partial charge in [0.05, 0.1) is 6.54 Å². The van der Waals surface area contributed by atoms with Crippen LogP contribution in [-0.4, -0.2) is 0 Å². The summed E-state index contributed by atoms with van der Waals surface area (Å²) in [7, 11) is 0.